The van der Waals surface area contributed by atoms with Crippen molar-refractivity contribution in [1.29, 1.82) is 0 Å². The van der Waals surface area contributed by atoms with E-state index in [0.29, 0.717) is 6.61 Å². The Hall–Kier alpha value is -1.37. The summed E-state index contributed by atoms with van der Waals surface area (Å²) in [5.74, 6) is 0. The van der Waals surface area contributed by atoms with Crippen LogP contribution in [-0.4, -0.2) is 18.9 Å². The SMILES string of the molecule is O=P(c1ccccc1)(c1ccccc1)C1CCCOC1. The average Bonchev–Trinajstić information content (AvgIpc) is 2.56. The van der Waals surface area contributed by atoms with E-state index in [-0.39, 0.29) is 5.66 Å². The molecule has 1 atom stereocenters. The van der Waals surface area contributed by atoms with Crippen LogP contribution in [0.2, 0.25) is 0 Å². The van der Waals surface area contributed by atoms with Crippen LogP contribution < -0.4 is 10.6 Å². The molecule has 2 aromatic carbocycles. The third kappa shape index (κ3) is 2.46. The first-order valence-corrected chi connectivity index (χ1v) is 8.88. The summed E-state index contributed by atoms with van der Waals surface area (Å²) in [6.07, 6.45) is 1.97. The Bertz CT molecular complexity index is 545. The van der Waals surface area contributed by atoms with Gasteiger partial charge in [-0.2, -0.15) is 0 Å². The lowest BCUT2D eigenvalue weighted by Crippen LogP contribution is -2.32. The van der Waals surface area contributed by atoms with Crippen molar-refractivity contribution in [2.45, 2.75) is 18.5 Å². The van der Waals surface area contributed by atoms with Crippen LogP contribution in [0.15, 0.2) is 60.7 Å². The van der Waals surface area contributed by atoms with Crippen molar-refractivity contribution in [2.75, 3.05) is 13.2 Å². The summed E-state index contributed by atoms with van der Waals surface area (Å²) in [5.41, 5.74) is 0.0982. The maximum atomic E-state index is 13.9. The molecule has 1 saturated heterocycles. The molecule has 2 nitrogen and oxygen atoms in total. The van der Waals surface area contributed by atoms with E-state index in [4.69, 9.17) is 4.74 Å². The predicted octanol–water partition coefficient (Wildman–Crippen LogP) is 3.18. The Kier molecular flexibility index (Phi) is 4.05. The second-order valence-electron chi connectivity index (χ2n) is 5.20. The second kappa shape index (κ2) is 5.95. The number of hydrogen-bond donors (Lipinski definition) is 0. The van der Waals surface area contributed by atoms with Gasteiger partial charge in [0.05, 0.1) is 6.61 Å². The zero-order valence-corrected chi connectivity index (χ0v) is 12.3. The Morgan fingerprint density at radius 3 is 1.90 bits per heavy atom. The lowest BCUT2D eigenvalue weighted by Gasteiger charge is -2.31. The zero-order valence-electron chi connectivity index (χ0n) is 11.4. The highest BCUT2D eigenvalue weighted by Crippen LogP contribution is 2.51. The Morgan fingerprint density at radius 2 is 1.45 bits per heavy atom. The van der Waals surface area contributed by atoms with Gasteiger partial charge in [-0.05, 0) is 12.8 Å². The van der Waals surface area contributed by atoms with Gasteiger partial charge in [0.25, 0.3) is 0 Å². The van der Waals surface area contributed by atoms with E-state index in [0.717, 1.165) is 30.1 Å². The number of rotatable bonds is 3. The van der Waals surface area contributed by atoms with Crippen LogP contribution in [0.5, 0.6) is 0 Å². The Balaban J connectivity index is 2.10. The van der Waals surface area contributed by atoms with Crippen molar-refractivity contribution in [3.05, 3.63) is 60.7 Å². The molecule has 3 heteroatoms. The molecule has 0 aliphatic carbocycles. The molecule has 1 aliphatic heterocycles. The smallest absolute Gasteiger partial charge is 0.148 e. The molecule has 0 saturated carbocycles. The molecule has 0 spiro atoms. The molecule has 20 heavy (non-hydrogen) atoms. The summed E-state index contributed by atoms with van der Waals surface area (Å²) in [6.45, 7) is 1.39. The van der Waals surface area contributed by atoms with E-state index in [1.807, 2.05) is 60.7 Å². The molecule has 1 aliphatic rings. The maximum absolute atomic E-state index is 13.9. The predicted molar refractivity (Wildman–Crippen MR) is 83.6 cm³/mol. The highest BCUT2D eigenvalue weighted by molar-refractivity contribution is 7.79. The fourth-order valence-electron chi connectivity index (χ4n) is 2.88. The van der Waals surface area contributed by atoms with E-state index >= 15 is 0 Å². The highest BCUT2D eigenvalue weighted by atomic mass is 31.2. The van der Waals surface area contributed by atoms with Crippen LogP contribution in [0, 0.1) is 0 Å². The van der Waals surface area contributed by atoms with Gasteiger partial charge in [0.15, 0.2) is 0 Å². The third-order valence-corrected chi connectivity index (χ3v) is 7.50. The molecule has 0 aromatic heterocycles. The number of ether oxygens (including phenoxy) is 1. The molecule has 3 rings (SSSR count). The second-order valence-corrected chi connectivity index (χ2v) is 8.28. The van der Waals surface area contributed by atoms with Gasteiger partial charge in [0.2, 0.25) is 0 Å². The minimum atomic E-state index is -2.62. The Morgan fingerprint density at radius 1 is 0.900 bits per heavy atom. The molecule has 0 amide bonds. The van der Waals surface area contributed by atoms with Crippen LogP contribution in [0.4, 0.5) is 0 Å². The number of benzene rings is 2. The van der Waals surface area contributed by atoms with Gasteiger partial charge < -0.3 is 9.30 Å². The lowest BCUT2D eigenvalue weighted by atomic mass is 10.2. The highest BCUT2D eigenvalue weighted by Gasteiger charge is 2.37. The van der Waals surface area contributed by atoms with Crippen molar-refractivity contribution < 1.29 is 9.30 Å². The van der Waals surface area contributed by atoms with E-state index < -0.39 is 7.14 Å². The monoisotopic (exact) mass is 286 g/mol. The van der Waals surface area contributed by atoms with Gasteiger partial charge in [-0.25, -0.2) is 0 Å². The topological polar surface area (TPSA) is 26.3 Å². The normalized spacial score (nSPS) is 19.7. The van der Waals surface area contributed by atoms with E-state index in [1.165, 1.54) is 0 Å². The summed E-state index contributed by atoms with van der Waals surface area (Å²) in [6, 6.07) is 19.8. The van der Waals surface area contributed by atoms with Crippen LogP contribution in [-0.2, 0) is 9.30 Å². The maximum Gasteiger partial charge on any atom is 0.148 e. The third-order valence-electron chi connectivity index (χ3n) is 3.93. The molecule has 0 bridgehead atoms. The van der Waals surface area contributed by atoms with Crippen LogP contribution >= 0.6 is 7.14 Å². The number of hydrogen-bond acceptors (Lipinski definition) is 2. The molecule has 2 aromatic rings. The molecule has 1 fully saturated rings. The molecule has 1 heterocycles. The summed E-state index contributed by atoms with van der Waals surface area (Å²) in [7, 11) is -2.62. The van der Waals surface area contributed by atoms with E-state index in [1.54, 1.807) is 0 Å². The molecular weight excluding hydrogens is 267 g/mol. The van der Waals surface area contributed by atoms with Gasteiger partial charge in [0, 0.05) is 22.9 Å². The standard InChI is InChI=1S/C17H19O2P/c18-20(15-8-3-1-4-9-15,16-10-5-2-6-11-16)17-12-7-13-19-14-17/h1-6,8-11,17H,7,12-14H2. The first kappa shape index (κ1) is 13.6. The zero-order chi connectivity index (χ0) is 13.8. The van der Waals surface area contributed by atoms with Crippen LogP contribution in [0.3, 0.4) is 0 Å². The Labute approximate surface area is 120 Å². The average molecular weight is 286 g/mol. The van der Waals surface area contributed by atoms with Gasteiger partial charge in [-0.15, -0.1) is 0 Å². The molecule has 0 N–H and O–H groups in total. The quantitative estimate of drug-likeness (QED) is 0.810. The van der Waals surface area contributed by atoms with Crippen molar-refractivity contribution in [3.8, 4) is 0 Å². The molecule has 0 radical (unpaired) electrons. The fourth-order valence-corrected chi connectivity index (χ4v) is 6.11. The van der Waals surface area contributed by atoms with Gasteiger partial charge >= 0.3 is 0 Å². The minimum absolute atomic E-state index is 0.0982. The lowest BCUT2D eigenvalue weighted by molar-refractivity contribution is 0.0992. The first-order chi connectivity index (χ1) is 9.82. The van der Waals surface area contributed by atoms with Crippen molar-refractivity contribution >= 4 is 17.8 Å². The molecular formula is C17H19O2P. The van der Waals surface area contributed by atoms with Crippen molar-refractivity contribution in [2.24, 2.45) is 0 Å². The minimum Gasteiger partial charge on any atom is -0.381 e. The summed E-state index contributed by atoms with van der Waals surface area (Å²) >= 11 is 0. The fraction of sp³-hybridized carbons (Fsp3) is 0.294. The molecule has 1 unspecified atom stereocenters. The van der Waals surface area contributed by atoms with Crippen LogP contribution in [0.25, 0.3) is 0 Å². The van der Waals surface area contributed by atoms with Gasteiger partial charge in [-0.3, -0.25) is 0 Å². The largest absolute Gasteiger partial charge is 0.381 e. The molecule has 104 valence electrons. The van der Waals surface area contributed by atoms with Gasteiger partial charge in [0.1, 0.15) is 7.14 Å². The van der Waals surface area contributed by atoms with Crippen LogP contribution in [0.1, 0.15) is 12.8 Å². The summed E-state index contributed by atoms with van der Waals surface area (Å²) in [5, 5.41) is 1.89. The van der Waals surface area contributed by atoms with E-state index in [9.17, 15) is 4.57 Å². The van der Waals surface area contributed by atoms with Crippen molar-refractivity contribution in [1.82, 2.24) is 0 Å². The van der Waals surface area contributed by atoms with Crippen molar-refractivity contribution in [3.63, 3.8) is 0 Å². The van der Waals surface area contributed by atoms with Gasteiger partial charge in [-0.1, -0.05) is 60.7 Å². The van der Waals surface area contributed by atoms with E-state index in [2.05, 4.69) is 0 Å². The summed E-state index contributed by atoms with van der Waals surface area (Å²) < 4.78 is 19.5. The summed E-state index contributed by atoms with van der Waals surface area (Å²) in [4.78, 5) is 0. The first-order valence-electron chi connectivity index (χ1n) is 7.10.